The third-order valence-electron chi connectivity index (χ3n) is 4.35. The number of benzene rings is 1. The van der Waals surface area contributed by atoms with Crippen LogP contribution in [-0.4, -0.2) is 36.5 Å². The zero-order valence-electron chi connectivity index (χ0n) is 13.4. The first-order valence-electron chi connectivity index (χ1n) is 8.25. The Morgan fingerprint density at radius 2 is 2.04 bits per heavy atom. The predicted molar refractivity (Wildman–Crippen MR) is 89.7 cm³/mol. The van der Waals surface area contributed by atoms with Crippen molar-refractivity contribution in [1.82, 2.24) is 10.2 Å². The fraction of sp³-hybridized carbons (Fsp3) is 0.444. The zero-order chi connectivity index (χ0) is 16.2. The number of hydrogen-bond acceptors (Lipinski definition) is 4. The van der Waals surface area contributed by atoms with Crippen LogP contribution in [0.3, 0.4) is 0 Å². The van der Waals surface area contributed by atoms with Crippen LogP contribution in [0, 0.1) is 0 Å². The Hall–Kier alpha value is -2.14. The maximum Gasteiger partial charge on any atom is 0.349 e. The van der Waals surface area contributed by atoms with E-state index < -0.39 is 5.63 Å². The third kappa shape index (κ3) is 3.29. The number of amides is 1. The summed E-state index contributed by atoms with van der Waals surface area (Å²) in [5, 5.41) is 4.08. The third-order valence-corrected chi connectivity index (χ3v) is 4.35. The molecule has 5 heteroatoms. The molecule has 0 spiro atoms. The van der Waals surface area contributed by atoms with Crippen LogP contribution in [0.15, 0.2) is 39.5 Å². The molecular weight excluding hydrogens is 292 g/mol. The van der Waals surface area contributed by atoms with E-state index in [1.807, 2.05) is 30.0 Å². The topological polar surface area (TPSA) is 62.6 Å². The van der Waals surface area contributed by atoms with Crippen LogP contribution in [0.5, 0.6) is 0 Å². The van der Waals surface area contributed by atoms with Crippen molar-refractivity contribution in [1.29, 1.82) is 0 Å². The molecule has 0 saturated carbocycles. The number of rotatable bonds is 4. The second-order valence-corrected chi connectivity index (χ2v) is 5.97. The SMILES string of the molecule is CCCN(C(=O)c1cc2ccccc2oc1=O)C1CCNCC1. The van der Waals surface area contributed by atoms with Crippen molar-refractivity contribution in [3.8, 4) is 0 Å². The lowest BCUT2D eigenvalue weighted by atomic mass is 10.0. The average Bonchev–Trinajstić information content (AvgIpc) is 2.59. The van der Waals surface area contributed by atoms with Crippen LogP contribution in [0.1, 0.15) is 36.5 Å². The molecule has 1 N–H and O–H groups in total. The molecule has 0 atom stereocenters. The molecule has 23 heavy (non-hydrogen) atoms. The zero-order valence-corrected chi connectivity index (χ0v) is 13.4. The lowest BCUT2D eigenvalue weighted by molar-refractivity contribution is 0.0638. The van der Waals surface area contributed by atoms with E-state index >= 15 is 0 Å². The molecule has 122 valence electrons. The van der Waals surface area contributed by atoms with E-state index in [0.717, 1.165) is 37.7 Å². The van der Waals surface area contributed by atoms with Gasteiger partial charge in [0.2, 0.25) is 0 Å². The first kappa shape index (κ1) is 15.7. The van der Waals surface area contributed by atoms with Crippen LogP contribution in [0.4, 0.5) is 0 Å². The summed E-state index contributed by atoms with van der Waals surface area (Å²) >= 11 is 0. The summed E-state index contributed by atoms with van der Waals surface area (Å²) in [4.78, 5) is 27.0. The number of piperidine rings is 1. The fourth-order valence-electron chi connectivity index (χ4n) is 3.17. The molecule has 1 aliphatic heterocycles. The summed E-state index contributed by atoms with van der Waals surface area (Å²) in [6, 6.07) is 9.12. The lowest BCUT2D eigenvalue weighted by Crippen LogP contribution is -2.47. The average molecular weight is 314 g/mol. The van der Waals surface area contributed by atoms with E-state index in [1.165, 1.54) is 0 Å². The molecule has 2 heterocycles. The Labute approximate surface area is 135 Å². The minimum absolute atomic E-state index is 0.135. The number of hydrogen-bond donors (Lipinski definition) is 1. The second kappa shape index (κ2) is 6.96. The van der Waals surface area contributed by atoms with E-state index in [0.29, 0.717) is 12.1 Å². The van der Waals surface area contributed by atoms with Crippen molar-refractivity contribution in [2.24, 2.45) is 0 Å². The lowest BCUT2D eigenvalue weighted by Gasteiger charge is -2.34. The van der Waals surface area contributed by atoms with E-state index in [4.69, 9.17) is 4.42 Å². The second-order valence-electron chi connectivity index (χ2n) is 5.97. The maximum atomic E-state index is 12.9. The van der Waals surface area contributed by atoms with E-state index in [2.05, 4.69) is 5.32 Å². The maximum absolute atomic E-state index is 12.9. The highest BCUT2D eigenvalue weighted by Crippen LogP contribution is 2.18. The summed E-state index contributed by atoms with van der Waals surface area (Å²) in [5.74, 6) is -0.210. The van der Waals surface area contributed by atoms with Crippen molar-refractivity contribution >= 4 is 16.9 Å². The van der Waals surface area contributed by atoms with Gasteiger partial charge in [0.05, 0.1) is 0 Å². The largest absolute Gasteiger partial charge is 0.422 e. The molecule has 5 nitrogen and oxygen atoms in total. The van der Waals surface area contributed by atoms with Crippen molar-refractivity contribution < 1.29 is 9.21 Å². The molecule has 0 radical (unpaired) electrons. The summed E-state index contributed by atoms with van der Waals surface area (Å²) in [7, 11) is 0. The van der Waals surface area contributed by atoms with Crippen LogP contribution in [0.2, 0.25) is 0 Å². The number of fused-ring (bicyclic) bond motifs is 1. The van der Waals surface area contributed by atoms with Gasteiger partial charge >= 0.3 is 5.63 Å². The molecule has 0 bridgehead atoms. The van der Waals surface area contributed by atoms with Gasteiger partial charge in [-0.25, -0.2) is 4.79 Å². The van der Waals surface area contributed by atoms with Crippen molar-refractivity contribution in [2.75, 3.05) is 19.6 Å². The van der Waals surface area contributed by atoms with Crippen LogP contribution in [-0.2, 0) is 0 Å². The van der Waals surface area contributed by atoms with Gasteiger partial charge in [0.25, 0.3) is 5.91 Å². The van der Waals surface area contributed by atoms with E-state index in [9.17, 15) is 9.59 Å². The Kier molecular flexibility index (Phi) is 4.76. The highest BCUT2D eigenvalue weighted by Gasteiger charge is 2.27. The molecule has 1 amide bonds. The number of para-hydroxylation sites is 1. The quantitative estimate of drug-likeness (QED) is 0.880. The smallest absolute Gasteiger partial charge is 0.349 e. The molecule has 1 aromatic carbocycles. The van der Waals surface area contributed by atoms with Gasteiger partial charge in [0.15, 0.2) is 0 Å². The minimum Gasteiger partial charge on any atom is -0.422 e. The Morgan fingerprint density at radius 1 is 1.30 bits per heavy atom. The van der Waals surface area contributed by atoms with Gasteiger partial charge in [-0.05, 0) is 44.5 Å². The first-order chi connectivity index (χ1) is 11.2. The number of nitrogens with zero attached hydrogens (tertiary/aromatic N) is 1. The summed E-state index contributed by atoms with van der Waals surface area (Å²) in [6.07, 6.45) is 2.71. The Bertz CT molecular complexity index is 747. The molecule has 2 aromatic rings. The molecular formula is C18H22N2O3. The summed E-state index contributed by atoms with van der Waals surface area (Å²) in [5.41, 5.74) is 0.0948. The molecule has 1 aromatic heterocycles. The minimum atomic E-state index is -0.552. The molecule has 0 aliphatic carbocycles. The highest BCUT2D eigenvalue weighted by atomic mass is 16.4. The number of nitrogens with one attached hydrogen (secondary N) is 1. The molecule has 3 rings (SSSR count). The number of carbonyl (C=O) groups excluding carboxylic acids is 1. The van der Waals surface area contributed by atoms with Crippen LogP contribution >= 0.6 is 0 Å². The molecule has 0 unspecified atom stereocenters. The molecule has 1 fully saturated rings. The van der Waals surface area contributed by atoms with Gasteiger partial charge in [-0.1, -0.05) is 25.1 Å². The van der Waals surface area contributed by atoms with Crippen molar-refractivity contribution in [3.05, 3.63) is 46.3 Å². The number of carbonyl (C=O) groups is 1. The van der Waals surface area contributed by atoms with Gasteiger partial charge in [-0.2, -0.15) is 0 Å². The highest BCUT2D eigenvalue weighted by molar-refractivity contribution is 5.96. The van der Waals surface area contributed by atoms with Gasteiger partial charge in [-0.3, -0.25) is 4.79 Å². The van der Waals surface area contributed by atoms with Gasteiger partial charge in [0, 0.05) is 18.0 Å². The van der Waals surface area contributed by atoms with Crippen molar-refractivity contribution in [2.45, 2.75) is 32.2 Å². The standard InChI is InChI=1S/C18H22N2O3/c1-2-11-20(14-7-9-19-10-8-14)17(21)15-12-13-5-3-4-6-16(13)23-18(15)22/h3-6,12,14,19H,2,7-11H2,1H3. The van der Waals surface area contributed by atoms with E-state index in [1.54, 1.807) is 12.1 Å². The van der Waals surface area contributed by atoms with Gasteiger partial charge in [0.1, 0.15) is 11.1 Å². The summed E-state index contributed by atoms with van der Waals surface area (Å²) in [6.45, 7) is 4.52. The van der Waals surface area contributed by atoms with Gasteiger partial charge < -0.3 is 14.6 Å². The van der Waals surface area contributed by atoms with Crippen LogP contribution < -0.4 is 10.9 Å². The Morgan fingerprint density at radius 3 is 2.78 bits per heavy atom. The Balaban J connectivity index is 1.95. The van der Waals surface area contributed by atoms with Crippen LogP contribution in [0.25, 0.3) is 11.0 Å². The normalized spacial score (nSPS) is 15.7. The van der Waals surface area contributed by atoms with E-state index in [-0.39, 0.29) is 17.5 Å². The summed E-state index contributed by atoms with van der Waals surface area (Å²) < 4.78 is 5.31. The predicted octanol–water partition coefficient (Wildman–Crippen LogP) is 2.40. The monoisotopic (exact) mass is 314 g/mol. The first-order valence-corrected chi connectivity index (χ1v) is 8.25. The fourth-order valence-corrected chi connectivity index (χ4v) is 3.17. The van der Waals surface area contributed by atoms with Crippen molar-refractivity contribution in [3.63, 3.8) is 0 Å². The molecule has 1 aliphatic rings. The molecule has 1 saturated heterocycles. The van der Waals surface area contributed by atoms with Gasteiger partial charge in [-0.15, -0.1) is 0 Å².